The molecule has 1 aromatic heterocycles. The average molecular weight is 437 g/mol. The number of carbonyl (C=O) groups excluding carboxylic acids is 1. The van der Waals surface area contributed by atoms with Crippen LogP contribution in [0.2, 0.25) is 0 Å². The van der Waals surface area contributed by atoms with Gasteiger partial charge >= 0.3 is 0 Å². The third-order valence-corrected chi connectivity index (χ3v) is 5.62. The molecule has 0 radical (unpaired) electrons. The second-order valence-corrected chi connectivity index (χ2v) is 8.21. The van der Waals surface area contributed by atoms with Gasteiger partial charge < -0.3 is 5.32 Å². The van der Waals surface area contributed by atoms with E-state index < -0.39 is 0 Å². The molecule has 0 saturated heterocycles. The molecule has 0 bridgehead atoms. The Bertz CT molecular complexity index is 1210. The van der Waals surface area contributed by atoms with Crippen LogP contribution in [0.1, 0.15) is 52.7 Å². The van der Waals surface area contributed by atoms with Gasteiger partial charge in [0.2, 0.25) is 0 Å². The molecule has 0 saturated carbocycles. The maximum absolute atomic E-state index is 12.8. The Kier molecular flexibility index (Phi) is 7.50. The summed E-state index contributed by atoms with van der Waals surface area (Å²) >= 11 is 0. The van der Waals surface area contributed by atoms with Crippen molar-refractivity contribution in [2.75, 3.05) is 6.54 Å². The first-order valence-electron chi connectivity index (χ1n) is 11.4. The van der Waals surface area contributed by atoms with Crippen molar-refractivity contribution >= 4 is 12.1 Å². The Hall–Kier alpha value is -3.91. The normalized spacial score (nSPS) is 14.9. The lowest BCUT2D eigenvalue weighted by Crippen LogP contribution is -2.25. The highest BCUT2D eigenvalue weighted by molar-refractivity contribution is 5.95. The van der Waals surface area contributed by atoms with Crippen molar-refractivity contribution in [1.82, 2.24) is 15.1 Å². The van der Waals surface area contributed by atoms with Crippen molar-refractivity contribution in [3.8, 4) is 17.5 Å². The van der Waals surface area contributed by atoms with E-state index in [2.05, 4.69) is 33.3 Å². The molecule has 1 aliphatic heterocycles. The van der Waals surface area contributed by atoms with E-state index in [0.29, 0.717) is 18.0 Å². The molecule has 0 spiro atoms. The Morgan fingerprint density at radius 3 is 2.97 bits per heavy atom. The van der Waals surface area contributed by atoms with Crippen LogP contribution in [0.25, 0.3) is 5.69 Å². The lowest BCUT2D eigenvalue weighted by molar-refractivity contribution is 0.0952. The zero-order chi connectivity index (χ0) is 22.9. The number of benzene rings is 2. The SMILES string of the molecule is Cc1cccc(C#Cc2cc(C(=O)NCCCC3C=CN=CCC3)ccc2-n2cccn2)c1. The van der Waals surface area contributed by atoms with Crippen LogP contribution in [-0.2, 0) is 0 Å². The maximum atomic E-state index is 12.8. The summed E-state index contributed by atoms with van der Waals surface area (Å²) in [6, 6.07) is 15.5. The second kappa shape index (κ2) is 11.1. The molecule has 1 N–H and O–H groups in total. The van der Waals surface area contributed by atoms with E-state index in [4.69, 9.17) is 0 Å². The lowest BCUT2D eigenvalue weighted by Gasteiger charge is -2.11. The highest BCUT2D eigenvalue weighted by Crippen LogP contribution is 2.18. The summed E-state index contributed by atoms with van der Waals surface area (Å²) in [7, 11) is 0. The van der Waals surface area contributed by atoms with Gasteiger partial charge in [-0.15, -0.1) is 0 Å². The molecule has 1 atom stereocenters. The van der Waals surface area contributed by atoms with Crippen LogP contribution in [-0.4, -0.2) is 28.4 Å². The Morgan fingerprint density at radius 2 is 2.12 bits per heavy atom. The summed E-state index contributed by atoms with van der Waals surface area (Å²) < 4.78 is 1.77. The van der Waals surface area contributed by atoms with E-state index in [0.717, 1.165) is 48.1 Å². The fourth-order valence-electron chi connectivity index (χ4n) is 3.85. The molecule has 166 valence electrons. The topological polar surface area (TPSA) is 59.3 Å². The van der Waals surface area contributed by atoms with Gasteiger partial charge in [-0.05, 0) is 80.5 Å². The number of aryl methyl sites for hydroxylation is 1. The minimum atomic E-state index is -0.0830. The number of nitrogens with zero attached hydrogens (tertiary/aromatic N) is 3. The molecule has 1 amide bonds. The molecule has 1 unspecified atom stereocenters. The predicted octanol–water partition coefficient (Wildman–Crippen LogP) is 5.09. The number of rotatable bonds is 6. The number of amides is 1. The van der Waals surface area contributed by atoms with Gasteiger partial charge in [-0.3, -0.25) is 9.79 Å². The largest absolute Gasteiger partial charge is 0.352 e. The van der Waals surface area contributed by atoms with Crippen LogP contribution in [0.3, 0.4) is 0 Å². The highest BCUT2D eigenvalue weighted by atomic mass is 16.1. The zero-order valence-electron chi connectivity index (χ0n) is 18.9. The van der Waals surface area contributed by atoms with Gasteiger partial charge in [0, 0.05) is 42.5 Å². The van der Waals surface area contributed by atoms with Crippen LogP contribution >= 0.6 is 0 Å². The second-order valence-electron chi connectivity index (χ2n) is 8.21. The molecule has 5 heteroatoms. The molecule has 0 aliphatic carbocycles. The van der Waals surface area contributed by atoms with Gasteiger partial charge in [-0.1, -0.05) is 30.0 Å². The summed E-state index contributed by atoms with van der Waals surface area (Å²) in [5.41, 5.74) is 4.31. The minimum Gasteiger partial charge on any atom is -0.352 e. The van der Waals surface area contributed by atoms with Crippen LogP contribution < -0.4 is 5.32 Å². The molecule has 2 aromatic carbocycles. The first-order chi connectivity index (χ1) is 16.2. The van der Waals surface area contributed by atoms with E-state index in [-0.39, 0.29) is 5.91 Å². The Morgan fingerprint density at radius 1 is 1.18 bits per heavy atom. The van der Waals surface area contributed by atoms with Gasteiger partial charge in [0.15, 0.2) is 0 Å². The van der Waals surface area contributed by atoms with E-state index in [1.807, 2.05) is 74.1 Å². The fraction of sp³-hybridized carbons (Fsp3) is 0.250. The number of aromatic nitrogens is 2. The smallest absolute Gasteiger partial charge is 0.251 e. The van der Waals surface area contributed by atoms with E-state index in [1.54, 1.807) is 10.9 Å². The summed E-state index contributed by atoms with van der Waals surface area (Å²) in [6.45, 7) is 2.69. The number of nitrogens with one attached hydrogen (secondary N) is 1. The van der Waals surface area contributed by atoms with Gasteiger partial charge in [0.25, 0.3) is 5.91 Å². The van der Waals surface area contributed by atoms with Crippen LogP contribution in [0.4, 0.5) is 0 Å². The van der Waals surface area contributed by atoms with Gasteiger partial charge in [-0.25, -0.2) is 4.68 Å². The Balaban J connectivity index is 1.46. The maximum Gasteiger partial charge on any atom is 0.251 e. The van der Waals surface area contributed by atoms with Crippen molar-refractivity contribution in [2.24, 2.45) is 10.9 Å². The number of aliphatic imine (C=N–C) groups is 1. The Labute approximate surface area is 195 Å². The van der Waals surface area contributed by atoms with Crippen LogP contribution in [0.5, 0.6) is 0 Å². The number of allylic oxidation sites excluding steroid dienone is 1. The minimum absolute atomic E-state index is 0.0830. The molecular weight excluding hydrogens is 408 g/mol. The predicted molar refractivity (Wildman–Crippen MR) is 133 cm³/mol. The van der Waals surface area contributed by atoms with Crippen molar-refractivity contribution in [2.45, 2.75) is 32.6 Å². The van der Waals surface area contributed by atoms with Crippen molar-refractivity contribution in [3.63, 3.8) is 0 Å². The number of carbonyl (C=O) groups is 1. The van der Waals surface area contributed by atoms with Crippen LogP contribution in [0.15, 0.2) is 78.2 Å². The average Bonchev–Trinajstić information content (AvgIpc) is 3.24. The first kappa shape index (κ1) is 22.3. The summed E-state index contributed by atoms with van der Waals surface area (Å²) in [5.74, 6) is 6.92. The highest BCUT2D eigenvalue weighted by Gasteiger charge is 2.11. The van der Waals surface area contributed by atoms with Gasteiger partial charge in [-0.2, -0.15) is 5.10 Å². The van der Waals surface area contributed by atoms with E-state index >= 15 is 0 Å². The molecule has 1 aliphatic rings. The monoisotopic (exact) mass is 436 g/mol. The number of hydrogen-bond acceptors (Lipinski definition) is 3. The zero-order valence-corrected chi connectivity index (χ0v) is 18.9. The van der Waals surface area contributed by atoms with E-state index in [1.165, 1.54) is 0 Å². The summed E-state index contributed by atoms with van der Waals surface area (Å²) in [4.78, 5) is 17.0. The molecule has 0 fully saturated rings. The standard InChI is InChI=1S/C28H28N4O/c1-22-6-2-7-24(20-22)10-11-25-21-26(12-13-27(25)32-19-5-17-31-32)28(33)30-16-4-9-23-8-3-15-29-18-14-23/h2,5-7,12-15,17-21,23H,3-4,8-9,16H2,1H3,(H,30,33). The van der Waals surface area contributed by atoms with Gasteiger partial charge in [0.1, 0.15) is 0 Å². The molecule has 33 heavy (non-hydrogen) atoms. The fourth-order valence-corrected chi connectivity index (χ4v) is 3.85. The molecule has 5 nitrogen and oxygen atoms in total. The van der Waals surface area contributed by atoms with Crippen molar-refractivity contribution < 1.29 is 4.79 Å². The molecule has 4 rings (SSSR count). The third-order valence-electron chi connectivity index (χ3n) is 5.62. The molecule has 3 aromatic rings. The lowest BCUT2D eigenvalue weighted by atomic mass is 9.98. The van der Waals surface area contributed by atoms with E-state index in [9.17, 15) is 4.79 Å². The molecular formula is C28H28N4O. The van der Waals surface area contributed by atoms with Crippen molar-refractivity contribution in [1.29, 1.82) is 0 Å². The van der Waals surface area contributed by atoms with Gasteiger partial charge in [0.05, 0.1) is 11.3 Å². The number of hydrogen-bond donors (Lipinski definition) is 1. The van der Waals surface area contributed by atoms with Crippen molar-refractivity contribution in [3.05, 3.63) is 95.5 Å². The summed E-state index contributed by atoms with van der Waals surface area (Å²) in [6.07, 6.45) is 13.7. The third kappa shape index (κ3) is 6.30. The molecule has 2 heterocycles. The summed E-state index contributed by atoms with van der Waals surface area (Å²) in [5, 5.41) is 7.39. The first-order valence-corrected chi connectivity index (χ1v) is 11.4. The quantitative estimate of drug-likeness (QED) is 0.432. The van der Waals surface area contributed by atoms with Crippen LogP contribution in [0, 0.1) is 24.7 Å².